The summed E-state index contributed by atoms with van der Waals surface area (Å²) in [6, 6.07) is 12.7. The Morgan fingerprint density at radius 2 is 2.16 bits per heavy atom. The smallest absolute Gasteiger partial charge is 0.0809 e. The molecule has 3 rings (SSSR count). The Bertz CT molecular complexity index is 703. The Kier molecular flexibility index (Phi) is 3.32. The molecule has 19 heavy (non-hydrogen) atoms. The lowest BCUT2D eigenvalue weighted by Gasteiger charge is -2.12. The van der Waals surface area contributed by atoms with Crippen LogP contribution in [0.4, 0.5) is 0 Å². The highest BCUT2D eigenvalue weighted by Crippen LogP contribution is 2.23. The van der Waals surface area contributed by atoms with Gasteiger partial charge in [0.2, 0.25) is 0 Å². The summed E-state index contributed by atoms with van der Waals surface area (Å²) in [4.78, 5) is 4.45. The lowest BCUT2D eigenvalue weighted by atomic mass is 10.00. The molecule has 0 aliphatic carbocycles. The number of aryl methyl sites for hydroxylation is 1. The van der Waals surface area contributed by atoms with Gasteiger partial charge in [0.1, 0.15) is 0 Å². The van der Waals surface area contributed by atoms with E-state index < -0.39 is 0 Å². The third-order valence-corrected chi connectivity index (χ3v) is 4.14. The molecule has 1 aromatic carbocycles. The number of hydrogen-bond acceptors (Lipinski definition) is 3. The molecule has 2 nitrogen and oxygen atoms in total. The van der Waals surface area contributed by atoms with Crippen molar-refractivity contribution in [3.63, 3.8) is 0 Å². The van der Waals surface area contributed by atoms with Crippen molar-refractivity contribution in [3.05, 3.63) is 64.7 Å². The molecular formula is C16H16N2S. The summed E-state index contributed by atoms with van der Waals surface area (Å²) in [7, 11) is 0. The number of rotatable bonds is 3. The van der Waals surface area contributed by atoms with E-state index >= 15 is 0 Å². The fourth-order valence-electron chi connectivity index (χ4n) is 2.28. The van der Waals surface area contributed by atoms with Crippen LogP contribution in [0.1, 0.15) is 22.7 Å². The van der Waals surface area contributed by atoms with Gasteiger partial charge in [-0.3, -0.25) is 4.98 Å². The second-order valence-corrected chi connectivity index (χ2v) is 5.82. The monoisotopic (exact) mass is 268 g/mol. The number of hydrogen-bond donors (Lipinski definition) is 1. The van der Waals surface area contributed by atoms with Gasteiger partial charge in [-0.15, -0.1) is 11.3 Å². The summed E-state index contributed by atoms with van der Waals surface area (Å²) < 4.78 is 1.21. The predicted octanol–water partition coefficient (Wildman–Crippen LogP) is 3.85. The fraction of sp³-hybridized carbons (Fsp3) is 0.188. The highest BCUT2D eigenvalue weighted by atomic mass is 32.1. The van der Waals surface area contributed by atoms with Crippen molar-refractivity contribution >= 4 is 21.6 Å². The van der Waals surface area contributed by atoms with Crippen LogP contribution in [0.3, 0.4) is 0 Å². The lowest BCUT2D eigenvalue weighted by Crippen LogP contribution is -2.13. The first kappa shape index (κ1) is 12.3. The van der Waals surface area contributed by atoms with E-state index in [-0.39, 0.29) is 6.04 Å². The van der Waals surface area contributed by atoms with Crippen LogP contribution >= 0.6 is 11.3 Å². The first-order chi connectivity index (χ1) is 9.22. The minimum atomic E-state index is 0.000741. The van der Waals surface area contributed by atoms with Crippen LogP contribution in [-0.4, -0.2) is 4.98 Å². The molecule has 3 heteroatoms. The summed E-state index contributed by atoms with van der Waals surface area (Å²) in [5, 5.41) is 2.06. The molecule has 0 saturated carbocycles. The van der Waals surface area contributed by atoms with Crippen LogP contribution in [0.2, 0.25) is 0 Å². The molecule has 2 heterocycles. The predicted molar refractivity (Wildman–Crippen MR) is 81.4 cm³/mol. The van der Waals surface area contributed by atoms with Crippen molar-refractivity contribution in [1.82, 2.24) is 4.98 Å². The third-order valence-electron chi connectivity index (χ3n) is 3.29. The first-order valence-corrected chi connectivity index (χ1v) is 7.24. The molecule has 2 aromatic heterocycles. The van der Waals surface area contributed by atoms with Crippen molar-refractivity contribution in [2.24, 2.45) is 5.73 Å². The molecule has 0 amide bonds. The summed E-state index contributed by atoms with van der Waals surface area (Å²) in [5.74, 6) is 0. The van der Waals surface area contributed by atoms with Crippen molar-refractivity contribution in [2.75, 3.05) is 0 Å². The molecule has 0 bridgehead atoms. The summed E-state index contributed by atoms with van der Waals surface area (Å²) in [5.41, 5.74) is 11.0. The van der Waals surface area contributed by atoms with Crippen molar-refractivity contribution in [2.45, 2.75) is 19.4 Å². The molecule has 0 spiro atoms. The zero-order valence-corrected chi connectivity index (χ0v) is 11.7. The van der Waals surface area contributed by atoms with Crippen molar-refractivity contribution in [3.8, 4) is 0 Å². The van der Waals surface area contributed by atoms with E-state index in [1.807, 2.05) is 12.3 Å². The second-order valence-electron chi connectivity index (χ2n) is 4.87. The summed E-state index contributed by atoms with van der Waals surface area (Å²) in [6.07, 6.45) is 2.75. The number of nitrogens with zero attached hydrogens (tertiary/aromatic N) is 1. The van der Waals surface area contributed by atoms with Crippen molar-refractivity contribution in [1.29, 1.82) is 0 Å². The number of thiophene rings is 1. The first-order valence-electron chi connectivity index (χ1n) is 6.36. The molecular weight excluding hydrogens is 252 g/mol. The Hall–Kier alpha value is -1.71. The number of nitrogens with two attached hydrogens (primary N) is 1. The molecule has 1 unspecified atom stereocenters. The van der Waals surface area contributed by atoms with Gasteiger partial charge in [0.05, 0.1) is 10.2 Å². The van der Waals surface area contributed by atoms with E-state index in [0.717, 1.165) is 17.5 Å². The minimum absolute atomic E-state index is 0.000741. The number of aromatic nitrogens is 1. The van der Waals surface area contributed by atoms with E-state index in [2.05, 4.69) is 47.6 Å². The standard InChI is InChI=1S/C16H16N2S/c1-11-3-2-4-12(7-11)8-14(17)13-9-16-15(18-10-13)5-6-19-16/h2-7,9-10,14H,8,17H2,1H3. The summed E-state index contributed by atoms with van der Waals surface area (Å²) in [6.45, 7) is 2.11. The van der Waals surface area contributed by atoms with Gasteiger partial charge in [-0.05, 0) is 42.0 Å². The van der Waals surface area contributed by atoms with Crippen LogP contribution in [-0.2, 0) is 6.42 Å². The van der Waals surface area contributed by atoms with Gasteiger partial charge >= 0.3 is 0 Å². The lowest BCUT2D eigenvalue weighted by molar-refractivity contribution is 0.719. The second kappa shape index (κ2) is 5.11. The topological polar surface area (TPSA) is 38.9 Å². The molecule has 0 aliphatic heterocycles. The average molecular weight is 268 g/mol. The maximum absolute atomic E-state index is 6.30. The van der Waals surface area contributed by atoms with E-state index in [0.29, 0.717) is 0 Å². The van der Waals surface area contributed by atoms with Crippen LogP contribution in [0.25, 0.3) is 10.2 Å². The van der Waals surface area contributed by atoms with Crippen LogP contribution in [0, 0.1) is 6.92 Å². The molecule has 0 saturated heterocycles. The maximum Gasteiger partial charge on any atom is 0.0809 e. The highest BCUT2D eigenvalue weighted by molar-refractivity contribution is 7.17. The van der Waals surface area contributed by atoms with E-state index in [9.17, 15) is 0 Å². The van der Waals surface area contributed by atoms with Gasteiger partial charge in [-0.25, -0.2) is 0 Å². The highest BCUT2D eigenvalue weighted by Gasteiger charge is 2.09. The van der Waals surface area contributed by atoms with Gasteiger partial charge in [0, 0.05) is 12.2 Å². The average Bonchev–Trinajstić information content (AvgIpc) is 2.85. The number of pyridine rings is 1. The Morgan fingerprint density at radius 1 is 1.26 bits per heavy atom. The Morgan fingerprint density at radius 3 is 3.00 bits per heavy atom. The summed E-state index contributed by atoms with van der Waals surface area (Å²) >= 11 is 1.71. The maximum atomic E-state index is 6.30. The van der Waals surface area contributed by atoms with Gasteiger partial charge in [-0.2, -0.15) is 0 Å². The molecule has 0 radical (unpaired) electrons. The van der Waals surface area contributed by atoms with E-state index in [1.165, 1.54) is 15.8 Å². The van der Waals surface area contributed by atoms with E-state index in [4.69, 9.17) is 5.73 Å². The zero-order chi connectivity index (χ0) is 13.2. The van der Waals surface area contributed by atoms with Crippen LogP contribution < -0.4 is 5.73 Å². The molecule has 96 valence electrons. The largest absolute Gasteiger partial charge is 0.324 e. The Balaban J connectivity index is 1.84. The Labute approximate surface area is 116 Å². The van der Waals surface area contributed by atoms with E-state index in [1.54, 1.807) is 11.3 Å². The van der Waals surface area contributed by atoms with Gasteiger partial charge in [0.15, 0.2) is 0 Å². The normalized spacial score (nSPS) is 12.7. The molecule has 0 aliphatic rings. The van der Waals surface area contributed by atoms with Gasteiger partial charge in [-0.1, -0.05) is 29.8 Å². The SMILES string of the molecule is Cc1cccc(CC(N)c2cnc3ccsc3c2)c1. The molecule has 0 fully saturated rings. The fourth-order valence-corrected chi connectivity index (χ4v) is 3.06. The number of fused-ring (bicyclic) bond motifs is 1. The van der Waals surface area contributed by atoms with Crippen LogP contribution in [0.5, 0.6) is 0 Å². The molecule has 1 atom stereocenters. The zero-order valence-electron chi connectivity index (χ0n) is 10.8. The van der Waals surface area contributed by atoms with Gasteiger partial charge < -0.3 is 5.73 Å². The third kappa shape index (κ3) is 2.67. The quantitative estimate of drug-likeness (QED) is 0.783. The molecule has 2 N–H and O–H groups in total. The number of benzene rings is 1. The minimum Gasteiger partial charge on any atom is -0.324 e. The van der Waals surface area contributed by atoms with Gasteiger partial charge in [0.25, 0.3) is 0 Å². The van der Waals surface area contributed by atoms with Crippen molar-refractivity contribution < 1.29 is 0 Å². The van der Waals surface area contributed by atoms with Crippen LogP contribution in [0.15, 0.2) is 48.0 Å². The molecule has 3 aromatic rings.